The zero-order valence-electron chi connectivity index (χ0n) is 20.7. The molecule has 3 rings (SSSR count). The number of esters is 4. The molecule has 0 aromatic heterocycles. The molecule has 2 aromatic carbocycles. The highest BCUT2D eigenvalue weighted by molar-refractivity contribution is 7.99. The molecule has 0 amide bonds. The van der Waals surface area contributed by atoms with E-state index in [1.165, 1.54) is 43.0 Å². The van der Waals surface area contributed by atoms with Gasteiger partial charge in [-0.05, 0) is 35.9 Å². The Balaban J connectivity index is 1.94. The minimum atomic E-state index is -1.30. The molecule has 0 bridgehead atoms. The Kier molecular flexibility index (Phi) is 10.3. The molecule has 1 fully saturated rings. The summed E-state index contributed by atoms with van der Waals surface area (Å²) in [5.74, 6) is -3.01. The average molecular weight is 565 g/mol. The first-order valence-corrected chi connectivity index (χ1v) is 12.7. The maximum atomic E-state index is 12.8. The van der Waals surface area contributed by atoms with Gasteiger partial charge in [-0.25, -0.2) is 4.79 Å². The summed E-state index contributed by atoms with van der Waals surface area (Å²) in [7, 11) is 0. The first-order chi connectivity index (χ1) is 18.1. The zero-order valence-corrected chi connectivity index (χ0v) is 22.2. The molecule has 1 aliphatic heterocycles. The maximum absolute atomic E-state index is 12.8. The number of halogens is 1. The number of thioether (sulfide) groups is 1. The maximum Gasteiger partial charge on any atom is 0.339 e. The number of rotatable bonds is 9. The topological polar surface area (TPSA) is 132 Å². The first kappa shape index (κ1) is 29.2. The fraction of sp³-hybridized carbons (Fsp3) is 0.346. The van der Waals surface area contributed by atoms with Crippen LogP contribution in [0.2, 0.25) is 0 Å². The van der Waals surface area contributed by atoms with Gasteiger partial charge in [0.1, 0.15) is 18.1 Å². The average Bonchev–Trinajstić information content (AvgIpc) is 2.86. The molecule has 12 heteroatoms. The van der Waals surface area contributed by atoms with Gasteiger partial charge in [-0.2, -0.15) is 0 Å². The Morgan fingerprint density at radius 1 is 0.763 bits per heavy atom. The fourth-order valence-corrected chi connectivity index (χ4v) is 5.08. The van der Waals surface area contributed by atoms with E-state index in [-0.39, 0.29) is 11.1 Å². The third-order valence-corrected chi connectivity index (χ3v) is 6.59. The summed E-state index contributed by atoms with van der Waals surface area (Å²) in [6, 6.07) is 14.8. The van der Waals surface area contributed by atoms with Crippen LogP contribution in [0.5, 0.6) is 0 Å². The smallest absolute Gasteiger partial charge is 0.339 e. The zero-order chi connectivity index (χ0) is 27.8. The lowest BCUT2D eigenvalue weighted by atomic mass is 9.99. The summed E-state index contributed by atoms with van der Waals surface area (Å²) >= 11 is 6.75. The quantitative estimate of drug-likeness (QED) is 0.252. The molecular formula is C26H25ClO10S. The van der Waals surface area contributed by atoms with Gasteiger partial charge in [0, 0.05) is 31.2 Å². The molecule has 0 spiro atoms. The van der Waals surface area contributed by atoms with Crippen LogP contribution in [-0.4, -0.2) is 65.6 Å². The molecule has 0 unspecified atom stereocenters. The third kappa shape index (κ3) is 7.80. The summed E-state index contributed by atoms with van der Waals surface area (Å²) in [5.41, 5.74) is -1.07. The van der Waals surface area contributed by atoms with Gasteiger partial charge in [-0.15, -0.1) is 0 Å². The van der Waals surface area contributed by atoms with E-state index in [2.05, 4.69) is 0 Å². The molecule has 0 N–H and O–H groups in total. The second kappa shape index (κ2) is 13.4. The van der Waals surface area contributed by atoms with Crippen molar-refractivity contribution in [1.29, 1.82) is 0 Å². The van der Waals surface area contributed by atoms with Crippen molar-refractivity contribution in [3.63, 3.8) is 0 Å². The molecule has 1 aliphatic rings. The summed E-state index contributed by atoms with van der Waals surface area (Å²) in [4.78, 5) is 61.3. The van der Waals surface area contributed by atoms with Crippen molar-refractivity contribution in [2.75, 3.05) is 6.61 Å². The molecule has 10 nitrogen and oxygen atoms in total. The molecule has 5 atom stereocenters. The van der Waals surface area contributed by atoms with Crippen LogP contribution in [-0.2, 0) is 38.1 Å². The molecule has 202 valence electrons. The molecule has 0 radical (unpaired) electrons. The molecule has 0 saturated carbocycles. The van der Waals surface area contributed by atoms with E-state index in [1.807, 2.05) is 6.07 Å². The van der Waals surface area contributed by atoms with Gasteiger partial charge >= 0.3 is 23.9 Å². The minimum absolute atomic E-state index is 0.0505. The molecule has 0 aliphatic carbocycles. The van der Waals surface area contributed by atoms with Crippen molar-refractivity contribution in [2.45, 2.75) is 55.5 Å². The van der Waals surface area contributed by atoms with Crippen LogP contribution in [0.3, 0.4) is 0 Å². The van der Waals surface area contributed by atoms with E-state index in [4.69, 9.17) is 35.3 Å². The number of hydrogen-bond donors (Lipinski definition) is 0. The lowest BCUT2D eigenvalue weighted by Crippen LogP contribution is -2.61. The van der Waals surface area contributed by atoms with Gasteiger partial charge in [0.2, 0.25) is 0 Å². The molecule has 38 heavy (non-hydrogen) atoms. The van der Waals surface area contributed by atoms with Crippen LogP contribution in [0.4, 0.5) is 0 Å². The summed E-state index contributed by atoms with van der Waals surface area (Å²) < 4.78 is 27.9. The van der Waals surface area contributed by atoms with Crippen LogP contribution < -0.4 is 0 Å². The molecule has 1 heterocycles. The van der Waals surface area contributed by atoms with Crippen molar-refractivity contribution in [2.24, 2.45) is 0 Å². The van der Waals surface area contributed by atoms with Crippen molar-refractivity contribution < 1.29 is 47.7 Å². The Bertz CT molecular complexity index is 1190. The van der Waals surface area contributed by atoms with Crippen LogP contribution in [0.1, 0.15) is 41.5 Å². The number of hydrogen-bond acceptors (Lipinski definition) is 11. The van der Waals surface area contributed by atoms with Gasteiger partial charge in [-0.3, -0.25) is 19.2 Å². The van der Waals surface area contributed by atoms with Gasteiger partial charge in [0.15, 0.2) is 18.3 Å². The van der Waals surface area contributed by atoms with Gasteiger partial charge in [0.25, 0.3) is 5.24 Å². The summed E-state index contributed by atoms with van der Waals surface area (Å²) in [6.07, 6.45) is -4.90. The van der Waals surface area contributed by atoms with Crippen molar-refractivity contribution in [3.05, 3.63) is 65.7 Å². The van der Waals surface area contributed by atoms with E-state index in [0.29, 0.717) is 0 Å². The predicted molar refractivity (Wildman–Crippen MR) is 135 cm³/mol. The highest BCUT2D eigenvalue weighted by Crippen LogP contribution is 2.37. The Hall–Kier alpha value is -3.41. The normalized spacial score (nSPS) is 22.6. The summed E-state index contributed by atoms with van der Waals surface area (Å²) in [6.45, 7) is 3.01. The number of carbonyl (C=O) groups is 5. The Morgan fingerprint density at radius 3 is 1.87 bits per heavy atom. The highest BCUT2D eigenvalue weighted by Gasteiger charge is 2.52. The molecule has 1 saturated heterocycles. The summed E-state index contributed by atoms with van der Waals surface area (Å²) in [5, 5.41) is -0.845. The van der Waals surface area contributed by atoms with Crippen molar-refractivity contribution in [3.8, 4) is 0 Å². The van der Waals surface area contributed by atoms with E-state index in [1.54, 1.807) is 24.3 Å². The van der Waals surface area contributed by atoms with Crippen molar-refractivity contribution >= 4 is 52.5 Å². The number of carbonyl (C=O) groups excluding carboxylic acids is 5. The van der Waals surface area contributed by atoms with Gasteiger partial charge in [0.05, 0.1) is 5.56 Å². The van der Waals surface area contributed by atoms with Crippen molar-refractivity contribution in [1.82, 2.24) is 0 Å². The lowest BCUT2D eigenvalue weighted by Gasteiger charge is -2.44. The monoisotopic (exact) mass is 564 g/mol. The second-order valence-corrected chi connectivity index (χ2v) is 9.63. The van der Waals surface area contributed by atoms with Gasteiger partial charge < -0.3 is 23.7 Å². The van der Waals surface area contributed by atoms with E-state index >= 15 is 0 Å². The molecular weight excluding hydrogens is 540 g/mol. The Morgan fingerprint density at radius 2 is 1.29 bits per heavy atom. The fourth-order valence-electron chi connectivity index (χ4n) is 3.79. The number of ether oxygens (including phenoxy) is 5. The van der Waals surface area contributed by atoms with Crippen LogP contribution in [0.15, 0.2) is 59.5 Å². The first-order valence-electron chi connectivity index (χ1n) is 11.4. The minimum Gasteiger partial charge on any atom is -0.459 e. The highest BCUT2D eigenvalue weighted by atomic mass is 35.5. The SMILES string of the molecule is CC(=O)O[C@@H]1[C@@H](OC(C)=O)[C@H](Sc2ccccc2)O[C@H](COC(=O)c2ccccc2C(=O)Cl)[C@H]1OC(C)=O. The van der Waals surface area contributed by atoms with Crippen LogP contribution in [0, 0.1) is 0 Å². The van der Waals surface area contributed by atoms with E-state index in [9.17, 15) is 24.0 Å². The van der Waals surface area contributed by atoms with Crippen LogP contribution >= 0.6 is 23.4 Å². The Labute approximate surface area is 227 Å². The molecule has 2 aromatic rings. The third-order valence-electron chi connectivity index (χ3n) is 5.23. The second-order valence-electron chi connectivity index (χ2n) is 8.11. The standard InChI is InChI=1S/C26H25ClO10S/c1-14(28)34-21-20(13-33-25(32)19-12-8-7-11-18(19)24(27)31)37-26(38-17-9-5-4-6-10-17)23(36-16(3)30)22(21)35-15(2)29/h4-12,20-23,26H,13H2,1-3H3/t20-,21-,22+,23-,26+/m1/s1. The van der Waals surface area contributed by atoms with Crippen LogP contribution in [0.25, 0.3) is 0 Å². The largest absolute Gasteiger partial charge is 0.459 e. The predicted octanol–water partition coefficient (Wildman–Crippen LogP) is 3.53. The van der Waals surface area contributed by atoms with Gasteiger partial charge in [-0.1, -0.05) is 42.1 Å². The lowest BCUT2D eigenvalue weighted by molar-refractivity contribution is -0.236. The number of benzene rings is 2. The van der Waals surface area contributed by atoms with E-state index in [0.717, 1.165) is 18.7 Å². The van der Waals surface area contributed by atoms with E-state index < -0.39 is 65.6 Å².